The summed E-state index contributed by atoms with van der Waals surface area (Å²) in [5.74, 6) is 2.18. The summed E-state index contributed by atoms with van der Waals surface area (Å²) in [6, 6.07) is 27.4. The van der Waals surface area contributed by atoms with E-state index in [0.29, 0.717) is 5.82 Å². The fourth-order valence-corrected chi connectivity index (χ4v) is 3.82. The molecule has 0 saturated carbocycles. The molecule has 1 aliphatic heterocycles. The molecular weight excluding hydrogens is 358 g/mol. The van der Waals surface area contributed by atoms with E-state index in [1.807, 2.05) is 19.9 Å². The van der Waals surface area contributed by atoms with Gasteiger partial charge in [-0.05, 0) is 50.2 Å². The maximum atomic E-state index is 4.53. The fourth-order valence-electron chi connectivity index (χ4n) is 3.82. The summed E-state index contributed by atoms with van der Waals surface area (Å²) in [5.41, 5.74) is 5.69. The number of benzene rings is 3. The Kier molecular flexibility index (Phi) is 4.21. The zero-order valence-electron chi connectivity index (χ0n) is 16.4. The monoisotopic (exact) mass is 379 g/mol. The van der Waals surface area contributed by atoms with E-state index in [4.69, 9.17) is 0 Å². The third-order valence-corrected chi connectivity index (χ3v) is 5.09. The molecule has 0 bridgehead atoms. The molecule has 5 rings (SSSR count). The van der Waals surface area contributed by atoms with Gasteiger partial charge in [0.25, 0.3) is 0 Å². The highest BCUT2D eigenvalue weighted by atomic mass is 15.4. The van der Waals surface area contributed by atoms with Crippen molar-refractivity contribution in [2.45, 2.75) is 13.8 Å². The molecular formula is C24H21N5. The van der Waals surface area contributed by atoms with Crippen molar-refractivity contribution in [3.63, 3.8) is 0 Å². The Balaban J connectivity index is 1.56. The molecule has 142 valence electrons. The first kappa shape index (κ1) is 17.4. The molecule has 5 heteroatoms. The second-order valence-corrected chi connectivity index (χ2v) is 7.13. The normalized spacial score (nSPS) is 12.9. The maximum absolute atomic E-state index is 4.53. The first-order chi connectivity index (χ1) is 14.2. The molecule has 1 aliphatic rings. The third kappa shape index (κ3) is 3.21. The molecule has 0 aliphatic carbocycles. The zero-order valence-corrected chi connectivity index (χ0v) is 16.4. The Morgan fingerprint density at radius 2 is 1.21 bits per heavy atom. The quantitative estimate of drug-likeness (QED) is 0.477. The van der Waals surface area contributed by atoms with Crippen LogP contribution in [0.5, 0.6) is 0 Å². The van der Waals surface area contributed by atoms with E-state index < -0.39 is 0 Å². The van der Waals surface area contributed by atoms with Crippen LogP contribution in [-0.4, -0.2) is 21.6 Å². The Bertz CT molecular complexity index is 1150. The number of aromatic nitrogens is 3. The second kappa shape index (κ2) is 7.02. The van der Waals surface area contributed by atoms with Crippen LogP contribution in [0.15, 0.2) is 78.9 Å². The predicted octanol–water partition coefficient (Wildman–Crippen LogP) is 5.40. The van der Waals surface area contributed by atoms with Crippen LogP contribution >= 0.6 is 0 Å². The number of hydrogen-bond donors (Lipinski definition) is 0. The van der Waals surface area contributed by atoms with Crippen molar-refractivity contribution >= 4 is 22.7 Å². The lowest BCUT2D eigenvalue weighted by Gasteiger charge is -2.22. The van der Waals surface area contributed by atoms with Crippen LogP contribution in [0.25, 0.3) is 11.4 Å². The van der Waals surface area contributed by atoms with Crippen LogP contribution in [0.4, 0.5) is 22.7 Å². The molecule has 4 aromatic rings. The molecule has 29 heavy (non-hydrogen) atoms. The average Bonchev–Trinajstić information content (AvgIpc) is 3.14. The van der Waals surface area contributed by atoms with E-state index in [0.717, 1.165) is 29.6 Å². The molecule has 0 unspecified atom stereocenters. The van der Waals surface area contributed by atoms with Crippen LogP contribution in [-0.2, 0) is 0 Å². The van der Waals surface area contributed by atoms with Gasteiger partial charge in [0.15, 0.2) is 5.82 Å². The molecule has 0 spiro atoms. The summed E-state index contributed by atoms with van der Waals surface area (Å²) < 4.78 is 0. The second-order valence-electron chi connectivity index (χ2n) is 7.13. The van der Waals surface area contributed by atoms with Gasteiger partial charge in [-0.3, -0.25) is 0 Å². The van der Waals surface area contributed by atoms with Gasteiger partial charge in [0.1, 0.15) is 18.3 Å². The van der Waals surface area contributed by atoms with Crippen LogP contribution in [0.1, 0.15) is 11.6 Å². The minimum absolute atomic E-state index is 0.712. The first-order valence-corrected chi connectivity index (χ1v) is 9.68. The highest BCUT2D eigenvalue weighted by molar-refractivity contribution is 5.87. The Labute approximate surface area is 170 Å². The summed E-state index contributed by atoms with van der Waals surface area (Å²) in [7, 11) is 0. The smallest absolute Gasteiger partial charge is 0.163 e. The molecule has 0 atom stereocenters. The Morgan fingerprint density at radius 1 is 0.621 bits per heavy atom. The van der Waals surface area contributed by atoms with Crippen LogP contribution in [0.2, 0.25) is 0 Å². The van der Waals surface area contributed by atoms with E-state index in [-0.39, 0.29) is 0 Å². The van der Waals surface area contributed by atoms with E-state index in [2.05, 4.69) is 97.5 Å². The number of nitrogens with zero attached hydrogens (tertiary/aromatic N) is 5. The van der Waals surface area contributed by atoms with Gasteiger partial charge in [-0.15, -0.1) is 0 Å². The molecule has 0 radical (unpaired) electrons. The van der Waals surface area contributed by atoms with Crippen molar-refractivity contribution in [1.82, 2.24) is 15.0 Å². The lowest BCUT2D eigenvalue weighted by molar-refractivity contribution is 0.928. The summed E-state index contributed by atoms with van der Waals surface area (Å²) >= 11 is 0. The van der Waals surface area contributed by atoms with Gasteiger partial charge in [0, 0.05) is 16.9 Å². The summed E-state index contributed by atoms with van der Waals surface area (Å²) in [6.07, 6.45) is 0. The lowest BCUT2D eigenvalue weighted by Crippen LogP contribution is -2.23. The van der Waals surface area contributed by atoms with Crippen molar-refractivity contribution in [2.24, 2.45) is 0 Å². The van der Waals surface area contributed by atoms with Gasteiger partial charge in [-0.25, -0.2) is 15.0 Å². The number of aryl methyl sites for hydroxylation is 2. The maximum Gasteiger partial charge on any atom is 0.163 e. The minimum Gasteiger partial charge on any atom is -0.321 e. The van der Waals surface area contributed by atoms with Crippen LogP contribution in [0.3, 0.4) is 0 Å². The molecule has 3 aromatic carbocycles. The summed E-state index contributed by atoms with van der Waals surface area (Å²) in [6.45, 7) is 4.55. The van der Waals surface area contributed by atoms with Gasteiger partial charge < -0.3 is 9.80 Å². The number of para-hydroxylation sites is 3. The Morgan fingerprint density at radius 3 is 1.90 bits per heavy atom. The number of fused-ring (bicyclic) bond motifs is 1. The fraction of sp³-hybridized carbons (Fsp3) is 0.125. The summed E-state index contributed by atoms with van der Waals surface area (Å²) in [5, 5.41) is 0. The SMILES string of the molecule is Cc1nc(C)nc(-c2cccc(N3CN(c4ccccc4)c4ccccc43)c2)n1. The van der Waals surface area contributed by atoms with Crippen LogP contribution < -0.4 is 9.80 Å². The van der Waals surface area contributed by atoms with Crippen molar-refractivity contribution in [3.8, 4) is 11.4 Å². The zero-order chi connectivity index (χ0) is 19.8. The van der Waals surface area contributed by atoms with Crippen molar-refractivity contribution < 1.29 is 0 Å². The standard InChI is InChI=1S/C24H21N5/c1-17-25-18(2)27-24(26-17)19-9-8-12-21(15-19)29-16-28(20-10-4-3-5-11-20)22-13-6-7-14-23(22)29/h3-15H,16H2,1-2H3. The molecule has 0 fully saturated rings. The lowest BCUT2D eigenvalue weighted by atomic mass is 10.1. The van der Waals surface area contributed by atoms with Gasteiger partial charge in [-0.2, -0.15) is 0 Å². The van der Waals surface area contributed by atoms with E-state index in [1.54, 1.807) is 0 Å². The predicted molar refractivity (Wildman–Crippen MR) is 117 cm³/mol. The molecule has 0 saturated heterocycles. The van der Waals surface area contributed by atoms with Gasteiger partial charge in [-0.1, -0.05) is 42.5 Å². The number of anilines is 4. The van der Waals surface area contributed by atoms with Crippen molar-refractivity contribution in [2.75, 3.05) is 16.5 Å². The van der Waals surface area contributed by atoms with Gasteiger partial charge in [0.05, 0.1) is 11.4 Å². The summed E-state index contributed by atoms with van der Waals surface area (Å²) in [4.78, 5) is 18.0. The largest absolute Gasteiger partial charge is 0.321 e. The molecule has 1 aromatic heterocycles. The number of hydrogen-bond acceptors (Lipinski definition) is 5. The number of rotatable bonds is 3. The Hall–Kier alpha value is -3.73. The third-order valence-electron chi connectivity index (χ3n) is 5.09. The van der Waals surface area contributed by atoms with Crippen molar-refractivity contribution in [3.05, 3.63) is 90.5 Å². The van der Waals surface area contributed by atoms with Gasteiger partial charge >= 0.3 is 0 Å². The molecule has 5 nitrogen and oxygen atoms in total. The van der Waals surface area contributed by atoms with Gasteiger partial charge in [0.2, 0.25) is 0 Å². The minimum atomic E-state index is 0.712. The van der Waals surface area contributed by atoms with Crippen molar-refractivity contribution in [1.29, 1.82) is 0 Å². The van der Waals surface area contributed by atoms with E-state index >= 15 is 0 Å². The average molecular weight is 379 g/mol. The highest BCUT2D eigenvalue weighted by Crippen LogP contribution is 2.44. The molecule has 0 amide bonds. The van der Waals surface area contributed by atoms with E-state index in [9.17, 15) is 0 Å². The topological polar surface area (TPSA) is 45.2 Å². The highest BCUT2D eigenvalue weighted by Gasteiger charge is 2.27. The van der Waals surface area contributed by atoms with Crippen LogP contribution in [0, 0.1) is 13.8 Å². The first-order valence-electron chi connectivity index (χ1n) is 9.68. The molecule has 0 N–H and O–H groups in total. The molecule has 2 heterocycles. The van der Waals surface area contributed by atoms with E-state index in [1.165, 1.54) is 17.1 Å².